The fourth-order valence-corrected chi connectivity index (χ4v) is 2.12. The summed E-state index contributed by atoms with van der Waals surface area (Å²) >= 11 is 0. The molecule has 1 aromatic rings. The Morgan fingerprint density at radius 1 is 1.16 bits per heavy atom. The van der Waals surface area contributed by atoms with Gasteiger partial charge in [-0.3, -0.25) is 0 Å². The van der Waals surface area contributed by atoms with Gasteiger partial charge in [0.1, 0.15) is 17.5 Å². The summed E-state index contributed by atoms with van der Waals surface area (Å²) in [6.07, 6.45) is 0.656. The quantitative estimate of drug-likeness (QED) is 0.597. The Bertz CT molecular complexity index is 564. The second-order valence-corrected chi connectivity index (χ2v) is 7.27. The van der Waals surface area contributed by atoms with E-state index in [9.17, 15) is 14.0 Å². The second kappa shape index (κ2) is 9.39. The van der Waals surface area contributed by atoms with E-state index in [1.807, 2.05) is 13.8 Å². The number of carbonyl (C=O) groups excluding carboxylic acids is 2. The highest BCUT2D eigenvalue weighted by molar-refractivity contribution is 5.81. The maximum Gasteiger partial charge on any atom is 0.408 e. The van der Waals surface area contributed by atoms with Crippen LogP contribution >= 0.6 is 0 Å². The standard InChI is InChI=1S/C19H28FNO4/c1-13(2)16(21-18(23)25-19(3,4)5)17(22)24-12-6-7-14-8-10-15(20)11-9-14/h8-11,13,16H,6-7,12H2,1-5H3,(H,21,23)/t16-/m0/s1. The number of rotatable bonds is 7. The summed E-state index contributed by atoms with van der Waals surface area (Å²) in [5, 5.41) is 2.56. The van der Waals surface area contributed by atoms with Crippen molar-refractivity contribution in [1.29, 1.82) is 0 Å². The van der Waals surface area contributed by atoms with Crippen LogP contribution in [0.1, 0.15) is 46.6 Å². The molecule has 1 atom stereocenters. The van der Waals surface area contributed by atoms with Crippen LogP contribution in [-0.2, 0) is 20.7 Å². The molecule has 1 aromatic carbocycles. The number of halogens is 1. The molecule has 0 unspecified atom stereocenters. The van der Waals surface area contributed by atoms with E-state index in [4.69, 9.17) is 9.47 Å². The van der Waals surface area contributed by atoms with Gasteiger partial charge in [-0.2, -0.15) is 0 Å². The number of esters is 1. The van der Waals surface area contributed by atoms with Crippen LogP contribution in [0.25, 0.3) is 0 Å². The molecule has 1 N–H and O–H groups in total. The lowest BCUT2D eigenvalue weighted by molar-refractivity contribution is -0.147. The number of hydrogen-bond acceptors (Lipinski definition) is 4. The minimum absolute atomic E-state index is 0.128. The Balaban J connectivity index is 2.42. The molecule has 0 fully saturated rings. The lowest BCUT2D eigenvalue weighted by Gasteiger charge is -2.24. The normalized spacial score (nSPS) is 12.6. The SMILES string of the molecule is CC(C)[C@H](NC(=O)OC(C)(C)C)C(=O)OCCCc1ccc(F)cc1. The molecule has 0 aliphatic carbocycles. The summed E-state index contributed by atoms with van der Waals surface area (Å²) in [6, 6.07) is 5.46. The number of carbonyl (C=O) groups is 2. The largest absolute Gasteiger partial charge is 0.464 e. The molecule has 140 valence electrons. The number of aryl methyl sites for hydroxylation is 1. The van der Waals surface area contributed by atoms with Gasteiger partial charge in [-0.1, -0.05) is 26.0 Å². The van der Waals surface area contributed by atoms with E-state index < -0.39 is 23.7 Å². The van der Waals surface area contributed by atoms with Crippen molar-refractivity contribution in [2.24, 2.45) is 5.92 Å². The van der Waals surface area contributed by atoms with Crippen LogP contribution in [0, 0.1) is 11.7 Å². The van der Waals surface area contributed by atoms with Crippen LogP contribution < -0.4 is 5.32 Å². The van der Waals surface area contributed by atoms with Crippen molar-refractivity contribution in [3.63, 3.8) is 0 Å². The minimum atomic E-state index is -0.763. The van der Waals surface area contributed by atoms with E-state index in [1.54, 1.807) is 32.9 Å². The number of nitrogens with one attached hydrogen (secondary N) is 1. The third-order valence-electron chi connectivity index (χ3n) is 3.36. The summed E-state index contributed by atoms with van der Waals surface area (Å²) in [5.41, 5.74) is 0.342. The van der Waals surface area contributed by atoms with Crippen LogP contribution in [0.15, 0.2) is 24.3 Å². The Morgan fingerprint density at radius 3 is 2.28 bits per heavy atom. The van der Waals surface area contributed by atoms with Gasteiger partial charge < -0.3 is 14.8 Å². The Kier molecular flexibility index (Phi) is 7.87. The Labute approximate surface area is 148 Å². The van der Waals surface area contributed by atoms with Crippen LogP contribution in [0.4, 0.5) is 9.18 Å². The molecule has 5 nitrogen and oxygen atoms in total. The van der Waals surface area contributed by atoms with Gasteiger partial charge in [0, 0.05) is 0 Å². The van der Waals surface area contributed by atoms with Gasteiger partial charge in [-0.15, -0.1) is 0 Å². The molecule has 0 radical (unpaired) electrons. The van der Waals surface area contributed by atoms with E-state index in [2.05, 4.69) is 5.32 Å². The number of benzene rings is 1. The lowest BCUT2D eigenvalue weighted by atomic mass is 10.1. The zero-order chi connectivity index (χ0) is 19.0. The van der Waals surface area contributed by atoms with Crippen molar-refractivity contribution in [3.8, 4) is 0 Å². The molecule has 1 amide bonds. The van der Waals surface area contributed by atoms with Gasteiger partial charge in [0.2, 0.25) is 0 Å². The van der Waals surface area contributed by atoms with Crippen LogP contribution in [0.3, 0.4) is 0 Å². The maximum atomic E-state index is 12.8. The zero-order valence-corrected chi connectivity index (χ0v) is 15.6. The number of ether oxygens (including phenoxy) is 2. The van der Waals surface area contributed by atoms with E-state index in [1.165, 1.54) is 12.1 Å². The first-order valence-electron chi connectivity index (χ1n) is 8.49. The molecule has 0 saturated carbocycles. The summed E-state index contributed by atoms with van der Waals surface area (Å²) in [5.74, 6) is -0.889. The monoisotopic (exact) mass is 353 g/mol. The van der Waals surface area contributed by atoms with Crippen molar-refractivity contribution in [1.82, 2.24) is 5.32 Å². The van der Waals surface area contributed by atoms with Gasteiger partial charge >= 0.3 is 12.1 Å². The minimum Gasteiger partial charge on any atom is -0.464 e. The predicted octanol–water partition coefficient (Wildman–Crippen LogP) is 3.85. The zero-order valence-electron chi connectivity index (χ0n) is 15.6. The average Bonchev–Trinajstić information content (AvgIpc) is 2.48. The summed E-state index contributed by atoms with van der Waals surface area (Å²) in [7, 11) is 0. The van der Waals surface area contributed by atoms with E-state index in [0.29, 0.717) is 12.8 Å². The highest BCUT2D eigenvalue weighted by Crippen LogP contribution is 2.10. The smallest absolute Gasteiger partial charge is 0.408 e. The molecule has 0 saturated heterocycles. The molecule has 0 aliphatic rings. The maximum absolute atomic E-state index is 12.8. The molecule has 0 heterocycles. The number of amides is 1. The van der Waals surface area contributed by atoms with Gasteiger partial charge in [0.15, 0.2) is 0 Å². The van der Waals surface area contributed by atoms with Crippen LogP contribution in [0.2, 0.25) is 0 Å². The van der Waals surface area contributed by atoms with Crippen molar-refractivity contribution in [2.45, 2.75) is 59.1 Å². The first kappa shape index (κ1) is 20.9. The predicted molar refractivity (Wildman–Crippen MR) is 93.7 cm³/mol. The van der Waals surface area contributed by atoms with Crippen LogP contribution in [-0.4, -0.2) is 30.3 Å². The fourth-order valence-electron chi connectivity index (χ4n) is 2.12. The highest BCUT2D eigenvalue weighted by atomic mass is 19.1. The number of hydrogen-bond donors (Lipinski definition) is 1. The molecule has 0 aliphatic heterocycles. The summed E-state index contributed by atoms with van der Waals surface area (Å²) in [6.45, 7) is 9.14. The van der Waals surface area contributed by atoms with E-state index in [0.717, 1.165) is 5.56 Å². The van der Waals surface area contributed by atoms with Crippen molar-refractivity contribution >= 4 is 12.1 Å². The average molecular weight is 353 g/mol. The van der Waals surface area contributed by atoms with Crippen molar-refractivity contribution in [3.05, 3.63) is 35.6 Å². The van der Waals surface area contributed by atoms with Crippen molar-refractivity contribution in [2.75, 3.05) is 6.61 Å². The van der Waals surface area contributed by atoms with Gasteiger partial charge in [-0.05, 0) is 57.2 Å². The molecule has 0 bridgehead atoms. The second-order valence-electron chi connectivity index (χ2n) is 7.27. The van der Waals surface area contributed by atoms with Gasteiger partial charge in [-0.25, -0.2) is 14.0 Å². The summed E-state index contributed by atoms with van der Waals surface area (Å²) in [4.78, 5) is 24.0. The fraction of sp³-hybridized carbons (Fsp3) is 0.579. The van der Waals surface area contributed by atoms with Gasteiger partial charge in [0.05, 0.1) is 6.61 Å². The lowest BCUT2D eigenvalue weighted by Crippen LogP contribution is -2.47. The molecule has 6 heteroatoms. The first-order valence-corrected chi connectivity index (χ1v) is 8.49. The summed E-state index contributed by atoms with van der Waals surface area (Å²) < 4.78 is 23.3. The van der Waals surface area contributed by atoms with Gasteiger partial charge in [0.25, 0.3) is 0 Å². The first-order chi connectivity index (χ1) is 11.6. The molecular formula is C19H28FNO4. The third kappa shape index (κ3) is 8.52. The Hall–Kier alpha value is -2.11. The molecule has 1 rings (SSSR count). The van der Waals surface area contributed by atoms with Crippen LogP contribution in [0.5, 0.6) is 0 Å². The van der Waals surface area contributed by atoms with E-state index >= 15 is 0 Å². The molecular weight excluding hydrogens is 325 g/mol. The molecule has 25 heavy (non-hydrogen) atoms. The molecule has 0 spiro atoms. The highest BCUT2D eigenvalue weighted by Gasteiger charge is 2.28. The Morgan fingerprint density at radius 2 is 1.76 bits per heavy atom. The molecule has 0 aromatic heterocycles. The topological polar surface area (TPSA) is 64.6 Å². The van der Waals surface area contributed by atoms with E-state index in [-0.39, 0.29) is 18.3 Å². The number of alkyl carbamates (subject to hydrolysis) is 1. The third-order valence-corrected chi connectivity index (χ3v) is 3.36. The van der Waals surface area contributed by atoms with Crippen molar-refractivity contribution < 1.29 is 23.5 Å².